The molecule has 6 rings (SSSR count). The first-order valence-corrected chi connectivity index (χ1v) is 23.6. The maximum Gasteiger partial charge on any atom is 0.226 e. The minimum absolute atomic E-state index is 0.0622. The highest BCUT2D eigenvalue weighted by Crippen LogP contribution is 2.40. The van der Waals surface area contributed by atoms with Crippen LogP contribution >= 0.6 is 11.6 Å². The van der Waals surface area contributed by atoms with Crippen LogP contribution in [0.4, 0.5) is 0 Å². The highest BCUT2D eigenvalue weighted by Gasteiger charge is 2.36. The number of ether oxygens (including phenoxy) is 2. The Bertz CT molecular complexity index is 2400. The highest BCUT2D eigenvalue weighted by atomic mass is 35.5. The van der Waals surface area contributed by atoms with Gasteiger partial charge in [-0.1, -0.05) is 80.4 Å². The Kier molecular flexibility index (Phi) is 18.0. The van der Waals surface area contributed by atoms with Gasteiger partial charge in [-0.2, -0.15) is 0 Å². The predicted octanol–water partition coefficient (Wildman–Crippen LogP) is 7.43. The Morgan fingerprint density at radius 3 is 2.27 bits per heavy atom. The number of Topliss-reactive ketones (excluding diaryl/α,β-unsaturated/α-hetero) is 4. The average Bonchev–Trinajstić information content (AvgIpc) is 3.32. The summed E-state index contributed by atoms with van der Waals surface area (Å²) in [5.74, 6) is -4.13. The second-order valence-corrected chi connectivity index (χ2v) is 18.4. The van der Waals surface area contributed by atoms with E-state index >= 15 is 0 Å². The van der Waals surface area contributed by atoms with Gasteiger partial charge in [-0.05, 0) is 91.4 Å². The molecule has 0 saturated carbocycles. The third-order valence-electron chi connectivity index (χ3n) is 13.0. The van der Waals surface area contributed by atoms with Gasteiger partial charge in [-0.15, -0.1) is 0 Å². The molecule has 2 aliphatic rings. The fraction of sp³-hybridized carbons (Fsp3) is 0.434. The molecule has 4 N–H and O–H groups in total. The van der Waals surface area contributed by atoms with Crippen LogP contribution in [0.2, 0.25) is 5.02 Å². The smallest absolute Gasteiger partial charge is 0.226 e. The van der Waals surface area contributed by atoms with Gasteiger partial charge in [0.1, 0.15) is 29.9 Å². The first kappa shape index (κ1) is 50.7. The summed E-state index contributed by atoms with van der Waals surface area (Å²) in [5.41, 5.74) is 10.00. The van der Waals surface area contributed by atoms with Crippen LogP contribution in [-0.4, -0.2) is 109 Å². The van der Waals surface area contributed by atoms with Crippen LogP contribution in [0.1, 0.15) is 86.8 Å². The maximum absolute atomic E-state index is 14.9. The number of hydrogen-bond acceptors (Lipinski definition) is 11. The topological polar surface area (TPSA) is 186 Å². The summed E-state index contributed by atoms with van der Waals surface area (Å²) in [4.78, 5) is 87.3. The normalized spacial score (nSPS) is 18.8. The number of fused-ring (bicyclic) bond motifs is 5. The number of likely N-dealkylation sites (N-methyl/N-ethyl adjacent to an activating group) is 1. The fourth-order valence-corrected chi connectivity index (χ4v) is 8.83. The van der Waals surface area contributed by atoms with E-state index in [2.05, 4.69) is 10.2 Å². The van der Waals surface area contributed by atoms with Crippen molar-refractivity contribution in [2.75, 3.05) is 53.0 Å². The second-order valence-electron chi connectivity index (χ2n) is 18.0. The molecule has 2 amide bonds. The van der Waals surface area contributed by atoms with Crippen LogP contribution in [0, 0.1) is 17.8 Å². The Labute approximate surface area is 398 Å². The molecule has 2 aliphatic heterocycles. The number of morpholine rings is 1. The Morgan fingerprint density at radius 1 is 0.910 bits per heavy atom. The van der Waals surface area contributed by atoms with Crippen LogP contribution in [0.15, 0.2) is 84.9 Å². The van der Waals surface area contributed by atoms with Crippen molar-refractivity contribution in [2.45, 2.75) is 77.8 Å². The number of carbonyl (C=O) groups excluding carboxylic acids is 6. The quantitative estimate of drug-likeness (QED) is 0.0666. The van der Waals surface area contributed by atoms with E-state index in [-0.39, 0.29) is 48.8 Å². The first-order chi connectivity index (χ1) is 32.1. The first-order valence-electron chi connectivity index (χ1n) is 23.2. The van der Waals surface area contributed by atoms with Gasteiger partial charge >= 0.3 is 0 Å². The number of nitrogens with zero attached hydrogens (tertiary/aromatic N) is 2. The number of carbonyl (C=O) groups is 6. The number of phenols is 1. The summed E-state index contributed by atoms with van der Waals surface area (Å²) in [6.07, 6.45) is 1.09. The molecule has 2 heterocycles. The second kappa shape index (κ2) is 23.8. The van der Waals surface area contributed by atoms with Gasteiger partial charge in [-0.25, -0.2) is 0 Å². The lowest BCUT2D eigenvalue weighted by Crippen LogP contribution is -2.46. The molecule has 4 bridgehead atoms. The third kappa shape index (κ3) is 13.5. The lowest BCUT2D eigenvalue weighted by Gasteiger charge is -2.32. The number of nitrogens with one attached hydrogen (secondary N) is 1. The molecular formula is C53H63ClN4O9. The number of amides is 2. The fourth-order valence-electron chi connectivity index (χ4n) is 8.70. The van der Waals surface area contributed by atoms with E-state index in [0.29, 0.717) is 90.8 Å². The SMILES string of the molecule is CC(=O)[C@H](C)CC(=O)[C@@H]1Cc2ccc(O)c(c2)-c2cc(ccc2OCCN2CCOCC2)[C@H](N(C)C(=O)[C@H](CCCCN)CC(=O)c2ccc(-c3ccc(Cl)cc3)cc2)C(=O)C[C@@H](C)C(=O)N1. The maximum atomic E-state index is 14.9. The summed E-state index contributed by atoms with van der Waals surface area (Å²) in [6.45, 7) is 8.77. The number of nitrogens with two attached hydrogens (primary N) is 1. The Hall–Kier alpha value is -5.73. The van der Waals surface area contributed by atoms with Crippen molar-refractivity contribution in [3.05, 3.63) is 107 Å². The third-order valence-corrected chi connectivity index (χ3v) is 13.2. The Morgan fingerprint density at radius 2 is 1.60 bits per heavy atom. The molecule has 0 spiro atoms. The average molecular weight is 936 g/mol. The van der Waals surface area contributed by atoms with Crippen LogP contribution in [0.5, 0.6) is 11.5 Å². The van der Waals surface area contributed by atoms with Gasteiger partial charge in [0.2, 0.25) is 11.8 Å². The number of unbranched alkanes of at least 4 members (excludes halogenated alkanes) is 1. The van der Waals surface area contributed by atoms with E-state index in [4.69, 9.17) is 26.8 Å². The van der Waals surface area contributed by atoms with Crippen LogP contribution < -0.4 is 15.8 Å². The van der Waals surface area contributed by atoms with E-state index in [1.165, 1.54) is 24.9 Å². The highest BCUT2D eigenvalue weighted by molar-refractivity contribution is 6.30. The number of aromatic hydroxyl groups is 1. The minimum Gasteiger partial charge on any atom is -0.507 e. The predicted molar refractivity (Wildman–Crippen MR) is 258 cm³/mol. The summed E-state index contributed by atoms with van der Waals surface area (Å²) < 4.78 is 11.9. The zero-order valence-corrected chi connectivity index (χ0v) is 39.7. The van der Waals surface area contributed by atoms with Crippen molar-refractivity contribution in [3.8, 4) is 33.8 Å². The number of benzene rings is 4. The van der Waals surface area contributed by atoms with Gasteiger partial charge in [0.25, 0.3) is 0 Å². The largest absolute Gasteiger partial charge is 0.507 e. The molecule has 14 heteroatoms. The molecule has 0 radical (unpaired) electrons. The van der Waals surface area contributed by atoms with E-state index in [1.807, 2.05) is 24.3 Å². The molecule has 0 aromatic heterocycles. The van der Waals surface area contributed by atoms with Crippen LogP contribution in [0.3, 0.4) is 0 Å². The zero-order chi connectivity index (χ0) is 48.2. The van der Waals surface area contributed by atoms with Crippen molar-refractivity contribution in [1.29, 1.82) is 0 Å². The molecule has 356 valence electrons. The summed E-state index contributed by atoms with van der Waals surface area (Å²) in [7, 11) is 1.54. The minimum atomic E-state index is -1.23. The molecule has 0 unspecified atom stereocenters. The molecular weight excluding hydrogens is 872 g/mol. The number of hydrogen-bond donors (Lipinski definition) is 3. The van der Waals surface area contributed by atoms with Crippen molar-refractivity contribution in [2.24, 2.45) is 23.5 Å². The molecule has 67 heavy (non-hydrogen) atoms. The summed E-state index contributed by atoms with van der Waals surface area (Å²) in [5, 5.41) is 15.0. The lowest BCUT2D eigenvalue weighted by atomic mass is 9.87. The van der Waals surface area contributed by atoms with Crippen molar-refractivity contribution in [3.63, 3.8) is 0 Å². The summed E-state index contributed by atoms with van der Waals surface area (Å²) >= 11 is 6.09. The summed E-state index contributed by atoms with van der Waals surface area (Å²) in [6, 6.07) is 22.4. The van der Waals surface area contributed by atoms with Gasteiger partial charge in [0.15, 0.2) is 17.3 Å². The molecule has 1 fully saturated rings. The zero-order valence-electron chi connectivity index (χ0n) is 38.9. The van der Waals surface area contributed by atoms with Gasteiger partial charge in [0, 0.05) is 85.4 Å². The monoisotopic (exact) mass is 934 g/mol. The van der Waals surface area contributed by atoms with Crippen molar-refractivity contribution in [1.82, 2.24) is 15.1 Å². The van der Waals surface area contributed by atoms with Crippen LogP contribution in [-0.2, 0) is 35.1 Å². The molecule has 4 aromatic rings. The molecule has 4 aromatic carbocycles. The Balaban J connectivity index is 1.37. The number of halogens is 1. The molecule has 13 nitrogen and oxygen atoms in total. The molecule has 0 aliphatic carbocycles. The lowest BCUT2D eigenvalue weighted by molar-refractivity contribution is -0.142. The van der Waals surface area contributed by atoms with E-state index in [0.717, 1.165) is 24.2 Å². The van der Waals surface area contributed by atoms with E-state index < -0.39 is 47.4 Å². The van der Waals surface area contributed by atoms with Crippen molar-refractivity contribution >= 4 is 46.5 Å². The van der Waals surface area contributed by atoms with Crippen molar-refractivity contribution < 1.29 is 43.3 Å². The van der Waals surface area contributed by atoms with Crippen LogP contribution in [0.25, 0.3) is 22.3 Å². The standard InChI is InChI=1S/C53H63ClN4O9/c1-33(35(3)59)27-48(62)45-30-36-8-18-46(60)43(29-36)44-31-40(15-19-50(44)67-26-23-58-21-24-66-25-22-58)51(49(63)28-34(2)52(64)56-45)57(4)53(65)41(7-5-6-20-55)32-47(61)39-11-9-37(10-12-39)38-13-16-42(54)17-14-38/h8-19,29,31,33-34,41,45,51,60H,5-7,20-28,30,32,55H2,1-4H3,(H,56,64)/t33-,34-,41-,45+,51+/m1/s1. The van der Waals surface area contributed by atoms with Gasteiger partial charge in [-0.3, -0.25) is 33.7 Å². The van der Waals surface area contributed by atoms with Gasteiger partial charge in [0.05, 0.1) is 19.3 Å². The van der Waals surface area contributed by atoms with E-state index in [1.54, 1.807) is 68.4 Å². The van der Waals surface area contributed by atoms with Gasteiger partial charge < -0.3 is 30.5 Å². The molecule has 1 saturated heterocycles. The molecule has 5 atom stereocenters. The number of ketones is 4. The van der Waals surface area contributed by atoms with E-state index in [9.17, 15) is 33.9 Å². The number of rotatable bonds is 18. The number of phenolic OH excluding ortho intramolecular Hbond substituents is 1.